The second-order valence-corrected chi connectivity index (χ2v) is 5.84. The minimum absolute atomic E-state index is 0.265. The van der Waals surface area contributed by atoms with Crippen LogP contribution in [-0.4, -0.2) is 31.8 Å². The number of ether oxygens (including phenoxy) is 2. The van der Waals surface area contributed by atoms with Crippen LogP contribution < -0.4 is 15.4 Å². The zero-order valence-electron chi connectivity index (χ0n) is 14.7. The number of rotatable bonds is 7. The van der Waals surface area contributed by atoms with Crippen molar-refractivity contribution < 1.29 is 19.1 Å². The van der Waals surface area contributed by atoms with Gasteiger partial charge in [-0.1, -0.05) is 23.7 Å². The zero-order valence-corrected chi connectivity index (χ0v) is 15.4. The van der Waals surface area contributed by atoms with Gasteiger partial charge in [-0.3, -0.25) is 0 Å². The summed E-state index contributed by atoms with van der Waals surface area (Å²) in [5, 5.41) is 5.97. The standard InChI is InChI=1S/C19H21ClN2O4/c1-3-25-18(23)15-6-4-5-7-16(15)22-19(24)21-10-11-26-17-9-8-14(20)12-13(17)2/h4-9,12H,3,10-11H2,1-2H3,(H2,21,22,24). The molecule has 138 valence electrons. The maximum atomic E-state index is 12.0. The first-order valence-corrected chi connectivity index (χ1v) is 8.59. The molecule has 26 heavy (non-hydrogen) atoms. The van der Waals surface area contributed by atoms with E-state index in [9.17, 15) is 9.59 Å². The molecule has 0 radical (unpaired) electrons. The number of esters is 1. The molecule has 0 bridgehead atoms. The SMILES string of the molecule is CCOC(=O)c1ccccc1NC(=O)NCCOc1ccc(Cl)cc1C. The van der Waals surface area contributed by atoms with Gasteiger partial charge in [0.25, 0.3) is 0 Å². The summed E-state index contributed by atoms with van der Waals surface area (Å²) in [7, 11) is 0. The maximum absolute atomic E-state index is 12.0. The average molecular weight is 377 g/mol. The molecule has 0 aromatic heterocycles. The van der Waals surface area contributed by atoms with Gasteiger partial charge in [0.15, 0.2) is 0 Å². The molecular formula is C19H21ClN2O4. The number of halogens is 1. The Morgan fingerprint density at radius 3 is 2.65 bits per heavy atom. The van der Waals surface area contributed by atoms with Gasteiger partial charge in [0.05, 0.1) is 24.4 Å². The lowest BCUT2D eigenvalue weighted by Crippen LogP contribution is -2.32. The second-order valence-electron chi connectivity index (χ2n) is 5.41. The molecule has 0 aliphatic rings. The van der Waals surface area contributed by atoms with Crippen LogP contribution >= 0.6 is 11.6 Å². The van der Waals surface area contributed by atoms with Crippen molar-refractivity contribution in [3.63, 3.8) is 0 Å². The predicted molar refractivity (Wildman–Crippen MR) is 101 cm³/mol. The first-order chi connectivity index (χ1) is 12.5. The van der Waals surface area contributed by atoms with Gasteiger partial charge in [-0.2, -0.15) is 0 Å². The number of nitrogens with one attached hydrogen (secondary N) is 2. The monoisotopic (exact) mass is 376 g/mol. The Hall–Kier alpha value is -2.73. The van der Waals surface area contributed by atoms with Crippen LogP contribution in [0.1, 0.15) is 22.8 Å². The van der Waals surface area contributed by atoms with Crippen molar-refractivity contribution in [2.24, 2.45) is 0 Å². The van der Waals surface area contributed by atoms with Crippen molar-refractivity contribution in [1.82, 2.24) is 5.32 Å². The number of hydrogen-bond acceptors (Lipinski definition) is 4. The van der Waals surface area contributed by atoms with Crippen LogP contribution in [0.3, 0.4) is 0 Å². The lowest BCUT2D eigenvalue weighted by atomic mass is 10.2. The first kappa shape index (κ1) is 19.6. The van der Waals surface area contributed by atoms with Gasteiger partial charge in [0, 0.05) is 5.02 Å². The third-order valence-electron chi connectivity index (χ3n) is 3.45. The fourth-order valence-electron chi connectivity index (χ4n) is 2.25. The van der Waals surface area contributed by atoms with Gasteiger partial charge < -0.3 is 20.1 Å². The van der Waals surface area contributed by atoms with Crippen LogP contribution in [0.25, 0.3) is 0 Å². The number of anilines is 1. The van der Waals surface area contributed by atoms with E-state index in [0.717, 1.165) is 5.56 Å². The summed E-state index contributed by atoms with van der Waals surface area (Å²) in [5.74, 6) is 0.231. The molecular weight excluding hydrogens is 356 g/mol. The molecule has 0 unspecified atom stereocenters. The number of carbonyl (C=O) groups is 2. The van der Waals surface area contributed by atoms with Crippen LogP contribution in [-0.2, 0) is 4.74 Å². The van der Waals surface area contributed by atoms with Gasteiger partial charge in [-0.05, 0) is 49.7 Å². The van der Waals surface area contributed by atoms with Gasteiger partial charge in [0.1, 0.15) is 12.4 Å². The molecule has 0 aliphatic carbocycles. The zero-order chi connectivity index (χ0) is 18.9. The number of urea groups is 1. The fraction of sp³-hybridized carbons (Fsp3) is 0.263. The lowest BCUT2D eigenvalue weighted by molar-refractivity contribution is 0.0527. The summed E-state index contributed by atoms with van der Waals surface area (Å²) < 4.78 is 10.6. The molecule has 0 spiro atoms. The largest absolute Gasteiger partial charge is 0.491 e. The van der Waals surface area contributed by atoms with Crippen molar-refractivity contribution in [3.8, 4) is 5.75 Å². The molecule has 0 atom stereocenters. The summed E-state index contributed by atoms with van der Waals surface area (Å²) in [6.45, 7) is 4.49. The lowest BCUT2D eigenvalue weighted by Gasteiger charge is -2.12. The molecule has 2 rings (SSSR count). The summed E-state index contributed by atoms with van der Waals surface area (Å²) in [6.07, 6.45) is 0. The van der Waals surface area contributed by atoms with Crippen LogP contribution in [0.2, 0.25) is 5.02 Å². The Kier molecular flexibility index (Phi) is 7.29. The maximum Gasteiger partial charge on any atom is 0.340 e. The molecule has 6 nitrogen and oxygen atoms in total. The molecule has 2 aromatic rings. The number of aryl methyl sites for hydroxylation is 1. The van der Waals surface area contributed by atoms with Gasteiger partial charge in [0.2, 0.25) is 0 Å². The van der Waals surface area contributed by atoms with E-state index in [2.05, 4.69) is 10.6 Å². The van der Waals surface area contributed by atoms with Gasteiger partial charge in [-0.25, -0.2) is 9.59 Å². The number of para-hydroxylation sites is 1. The quantitative estimate of drug-likeness (QED) is 0.565. The highest BCUT2D eigenvalue weighted by Crippen LogP contribution is 2.21. The predicted octanol–water partition coefficient (Wildman–Crippen LogP) is 4.03. The molecule has 0 saturated carbocycles. The van der Waals surface area contributed by atoms with Crippen molar-refractivity contribution in [1.29, 1.82) is 0 Å². The number of amides is 2. The Labute approximate surface area is 157 Å². The Morgan fingerprint density at radius 2 is 1.92 bits per heavy atom. The summed E-state index contributed by atoms with van der Waals surface area (Å²) in [6, 6.07) is 11.6. The van der Waals surface area contributed by atoms with Gasteiger partial charge >= 0.3 is 12.0 Å². The highest BCUT2D eigenvalue weighted by molar-refractivity contribution is 6.30. The second kappa shape index (κ2) is 9.68. The normalized spacial score (nSPS) is 10.1. The van der Waals surface area contributed by atoms with Crippen LogP contribution in [0, 0.1) is 6.92 Å². The Bertz CT molecular complexity index is 780. The molecule has 7 heteroatoms. The topological polar surface area (TPSA) is 76.7 Å². The van der Waals surface area contributed by atoms with E-state index in [0.29, 0.717) is 35.2 Å². The molecule has 0 heterocycles. The fourth-order valence-corrected chi connectivity index (χ4v) is 2.47. The van der Waals surface area contributed by atoms with Gasteiger partial charge in [-0.15, -0.1) is 0 Å². The summed E-state index contributed by atoms with van der Waals surface area (Å²) in [4.78, 5) is 23.9. The van der Waals surface area contributed by atoms with Crippen molar-refractivity contribution in [3.05, 3.63) is 58.6 Å². The van der Waals surface area contributed by atoms with E-state index in [1.54, 1.807) is 43.3 Å². The van der Waals surface area contributed by atoms with Crippen LogP contribution in [0.15, 0.2) is 42.5 Å². The van der Waals surface area contributed by atoms with E-state index in [-0.39, 0.29) is 6.61 Å². The number of carbonyl (C=O) groups excluding carboxylic acids is 2. The molecule has 2 amide bonds. The van der Waals surface area contributed by atoms with Crippen LogP contribution in [0.4, 0.5) is 10.5 Å². The van der Waals surface area contributed by atoms with Crippen LogP contribution in [0.5, 0.6) is 5.75 Å². The number of benzene rings is 2. The van der Waals surface area contributed by atoms with E-state index in [4.69, 9.17) is 21.1 Å². The molecule has 2 N–H and O–H groups in total. The third kappa shape index (κ3) is 5.67. The van der Waals surface area contributed by atoms with E-state index < -0.39 is 12.0 Å². The van der Waals surface area contributed by atoms with Crippen molar-refractivity contribution in [2.45, 2.75) is 13.8 Å². The van der Waals surface area contributed by atoms with E-state index >= 15 is 0 Å². The van der Waals surface area contributed by atoms with E-state index in [1.807, 2.05) is 13.0 Å². The highest BCUT2D eigenvalue weighted by Gasteiger charge is 2.13. The number of hydrogen-bond donors (Lipinski definition) is 2. The van der Waals surface area contributed by atoms with E-state index in [1.165, 1.54) is 0 Å². The summed E-state index contributed by atoms with van der Waals surface area (Å²) in [5.41, 5.74) is 1.61. The minimum atomic E-state index is -0.482. The molecule has 0 saturated heterocycles. The average Bonchev–Trinajstić information content (AvgIpc) is 2.61. The molecule has 0 fully saturated rings. The smallest absolute Gasteiger partial charge is 0.340 e. The summed E-state index contributed by atoms with van der Waals surface area (Å²) >= 11 is 5.90. The third-order valence-corrected chi connectivity index (χ3v) is 3.69. The Morgan fingerprint density at radius 1 is 1.15 bits per heavy atom. The highest BCUT2D eigenvalue weighted by atomic mass is 35.5. The minimum Gasteiger partial charge on any atom is -0.491 e. The van der Waals surface area contributed by atoms with Crippen molar-refractivity contribution >= 4 is 29.3 Å². The Balaban J connectivity index is 1.83. The molecule has 0 aliphatic heterocycles. The first-order valence-electron chi connectivity index (χ1n) is 8.21. The molecule has 2 aromatic carbocycles. The van der Waals surface area contributed by atoms with Crippen molar-refractivity contribution in [2.75, 3.05) is 25.1 Å².